The standard InChI is InChI=1S/C9H15O/c1-6-5-9(3,4)7(2)8(6)10/h5,7-8,10H,2H2,1,3-4H3. The van der Waals surface area contributed by atoms with E-state index in [1.54, 1.807) is 0 Å². The fourth-order valence-corrected chi connectivity index (χ4v) is 1.50. The molecule has 0 aromatic rings. The van der Waals surface area contributed by atoms with E-state index in [0.717, 1.165) is 5.57 Å². The third kappa shape index (κ3) is 0.988. The summed E-state index contributed by atoms with van der Waals surface area (Å²) in [6.45, 7) is 10.1. The summed E-state index contributed by atoms with van der Waals surface area (Å²) >= 11 is 0. The summed E-state index contributed by atoms with van der Waals surface area (Å²) in [6, 6.07) is 0. The maximum Gasteiger partial charge on any atom is 0.0783 e. The lowest BCUT2D eigenvalue weighted by Crippen LogP contribution is -2.24. The van der Waals surface area contributed by atoms with Gasteiger partial charge in [-0.1, -0.05) is 19.9 Å². The molecule has 1 rings (SSSR count). The van der Waals surface area contributed by atoms with Crippen LogP contribution in [0.5, 0.6) is 0 Å². The van der Waals surface area contributed by atoms with E-state index in [2.05, 4.69) is 26.8 Å². The van der Waals surface area contributed by atoms with Gasteiger partial charge in [0.1, 0.15) is 0 Å². The third-order valence-corrected chi connectivity index (χ3v) is 2.40. The van der Waals surface area contributed by atoms with Crippen molar-refractivity contribution in [3.05, 3.63) is 18.6 Å². The normalized spacial score (nSPS) is 37.9. The maximum absolute atomic E-state index is 9.47. The van der Waals surface area contributed by atoms with Crippen LogP contribution in [0.2, 0.25) is 0 Å². The van der Waals surface area contributed by atoms with Crippen LogP contribution in [-0.4, -0.2) is 11.2 Å². The lowest BCUT2D eigenvalue weighted by Gasteiger charge is -2.24. The maximum atomic E-state index is 9.47. The van der Waals surface area contributed by atoms with E-state index >= 15 is 0 Å². The third-order valence-electron chi connectivity index (χ3n) is 2.40. The first-order chi connectivity index (χ1) is 4.45. The largest absolute Gasteiger partial charge is 0.388 e. The van der Waals surface area contributed by atoms with Crippen molar-refractivity contribution in [2.24, 2.45) is 11.3 Å². The van der Waals surface area contributed by atoms with Gasteiger partial charge in [-0.2, -0.15) is 0 Å². The van der Waals surface area contributed by atoms with Gasteiger partial charge in [0, 0.05) is 0 Å². The molecule has 1 radical (unpaired) electrons. The van der Waals surface area contributed by atoms with Crippen molar-refractivity contribution in [3.63, 3.8) is 0 Å². The van der Waals surface area contributed by atoms with Crippen LogP contribution < -0.4 is 0 Å². The Morgan fingerprint density at radius 3 is 2.20 bits per heavy atom. The monoisotopic (exact) mass is 139 g/mol. The van der Waals surface area contributed by atoms with Crippen molar-refractivity contribution in [2.75, 3.05) is 0 Å². The van der Waals surface area contributed by atoms with Gasteiger partial charge in [0.2, 0.25) is 0 Å². The molecule has 0 aliphatic heterocycles. The average Bonchev–Trinajstić information content (AvgIpc) is 1.95. The molecule has 0 amide bonds. The van der Waals surface area contributed by atoms with E-state index in [1.165, 1.54) is 0 Å². The van der Waals surface area contributed by atoms with Crippen molar-refractivity contribution in [2.45, 2.75) is 26.9 Å². The second-order valence-electron chi connectivity index (χ2n) is 3.76. The molecular formula is C9H15O. The van der Waals surface area contributed by atoms with Crippen molar-refractivity contribution < 1.29 is 5.11 Å². The molecule has 2 atom stereocenters. The summed E-state index contributed by atoms with van der Waals surface area (Å²) < 4.78 is 0. The molecule has 1 aliphatic carbocycles. The van der Waals surface area contributed by atoms with Crippen LogP contribution in [0, 0.1) is 18.3 Å². The van der Waals surface area contributed by atoms with Crippen LogP contribution in [0.3, 0.4) is 0 Å². The van der Waals surface area contributed by atoms with Crippen LogP contribution in [0.4, 0.5) is 0 Å². The van der Waals surface area contributed by atoms with Crippen LogP contribution in [0.1, 0.15) is 20.8 Å². The molecule has 2 unspecified atom stereocenters. The molecule has 0 spiro atoms. The van der Waals surface area contributed by atoms with Crippen molar-refractivity contribution in [1.29, 1.82) is 0 Å². The van der Waals surface area contributed by atoms with Gasteiger partial charge in [-0.25, -0.2) is 0 Å². The second kappa shape index (κ2) is 2.09. The molecule has 57 valence electrons. The highest BCUT2D eigenvalue weighted by Gasteiger charge is 2.36. The van der Waals surface area contributed by atoms with Gasteiger partial charge in [-0.3, -0.25) is 0 Å². The Hall–Kier alpha value is -0.300. The molecule has 10 heavy (non-hydrogen) atoms. The first-order valence-electron chi connectivity index (χ1n) is 3.65. The highest BCUT2D eigenvalue weighted by Crippen LogP contribution is 2.39. The fraction of sp³-hybridized carbons (Fsp3) is 0.667. The zero-order valence-electron chi connectivity index (χ0n) is 6.89. The molecule has 0 aromatic carbocycles. The van der Waals surface area contributed by atoms with Gasteiger partial charge >= 0.3 is 0 Å². The summed E-state index contributed by atoms with van der Waals surface area (Å²) in [5.41, 5.74) is 1.13. The first kappa shape index (κ1) is 7.80. The van der Waals surface area contributed by atoms with Crippen LogP contribution in [0.15, 0.2) is 11.6 Å². The summed E-state index contributed by atoms with van der Waals surface area (Å²) in [7, 11) is 0. The Labute approximate surface area is 62.8 Å². The van der Waals surface area contributed by atoms with Gasteiger partial charge in [-0.05, 0) is 30.8 Å². The summed E-state index contributed by atoms with van der Waals surface area (Å²) in [5.74, 6) is 0.118. The van der Waals surface area contributed by atoms with Gasteiger partial charge in [0.25, 0.3) is 0 Å². The quantitative estimate of drug-likeness (QED) is 0.507. The number of hydrogen-bond donors (Lipinski definition) is 1. The molecule has 0 fully saturated rings. The van der Waals surface area contributed by atoms with E-state index in [-0.39, 0.29) is 17.4 Å². The van der Waals surface area contributed by atoms with E-state index < -0.39 is 0 Å². The molecule has 0 saturated carbocycles. The van der Waals surface area contributed by atoms with E-state index in [1.807, 2.05) is 6.92 Å². The number of aliphatic hydroxyl groups excluding tert-OH is 1. The van der Waals surface area contributed by atoms with E-state index in [9.17, 15) is 5.11 Å². The van der Waals surface area contributed by atoms with Crippen molar-refractivity contribution in [3.8, 4) is 0 Å². The number of rotatable bonds is 0. The zero-order valence-corrected chi connectivity index (χ0v) is 6.89. The summed E-state index contributed by atoms with van der Waals surface area (Å²) in [6.07, 6.45) is 1.78. The fourth-order valence-electron chi connectivity index (χ4n) is 1.50. The molecule has 1 nitrogen and oxygen atoms in total. The minimum Gasteiger partial charge on any atom is -0.388 e. The van der Waals surface area contributed by atoms with Gasteiger partial charge in [0.05, 0.1) is 6.10 Å². The Balaban J connectivity index is 2.87. The first-order valence-corrected chi connectivity index (χ1v) is 3.65. The van der Waals surface area contributed by atoms with Gasteiger partial charge in [0.15, 0.2) is 0 Å². The summed E-state index contributed by atoms with van der Waals surface area (Å²) in [5, 5.41) is 9.47. The minimum atomic E-state index is -0.324. The molecular weight excluding hydrogens is 124 g/mol. The zero-order chi connectivity index (χ0) is 7.94. The molecule has 1 aliphatic rings. The molecule has 0 saturated heterocycles. The highest BCUT2D eigenvalue weighted by atomic mass is 16.3. The number of aliphatic hydroxyl groups is 1. The Morgan fingerprint density at radius 1 is 1.60 bits per heavy atom. The van der Waals surface area contributed by atoms with Crippen molar-refractivity contribution >= 4 is 0 Å². The lowest BCUT2D eigenvalue weighted by atomic mass is 9.82. The van der Waals surface area contributed by atoms with Crippen molar-refractivity contribution in [1.82, 2.24) is 0 Å². The van der Waals surface area contributed by atoms with Gasteiger partial charge < -0.3 is 5.11 Å². The Kier molecular flexibility index (Phi) is 1.63. The number of hydrogen-bond acceptors (Lipinski definition) is 1. The lowest BCUT2D eigenvalue weighted by molar-refractivity contribution is 0.134. The Morgan fingerprint density at radius 2 is 2.10 bits per heavy atom. The van der Waals surface area contributed by atoms with Crippen LogP contribution in [-0.2, 0) is 0 Å². The predicted octanol–water partition coefficient (Wildman–Crippen LogP) is 1.78. The molecule has 1 heteroatoms. The molecule has 1 N–H and O–H groups in total. The van der Waals surface area contributed by atoms with Crippen LogP contribution in [0.25, 0.3) is 0 Å². The molecule has 0 heterocycles. The van der Waals surface area contributed by atoms with E-state index in [4.69, 9.17) is 0 Å². The SMILES string of the molecule is [CH2]C1C(O)C(C)=CC1(C)C. The second-order valence-corrected chi connectivity index (χ2v) is 3.76. The summed E-state index contributed by atoms with van der Waals surface area (Å²) in [4.78, 5) is 0. The Bertz CT molecular complexity index is 168. The predicted molar refractivity (Wildman–Crippen MR) is 42.4 cm³/mol. The molecule has 0 aromatic heterocycles. The highest BCUT2D eigenvalue weighted by molar-refractivity contribution is 5.22. The minimum absolute atomic E-state index is 0.0729. The van der Waals surface area contributed by atoms with Crippen LogP contribution >= 0.6 is 0 Å². The van der Waals surface area contributed by atoms with Gasteiger partial charge in [-0.15, -0.1) is 0 Å². The smallest absolute Gasteiger partial charge is 0.0783 e. The number of allylic oxidation sites excluding steroid dienone is 1. The molecule has 0 bridgehead atoms. The topological polar surface area (TPSA) is 20.2 Å². The average molecular weight is 139 g/mol. The van der Waals surface area contributed by atoms with E-state index in [0.29, 0.717) is 0 Å².